The minimum absolute atomic E-state index is 0.249. The highest BCUT2D eigenvalue weighted by Crippen LogP contribution is 2.38. The maximum atomic E-state index is 13.0. The number of amides is 2. The molecule has 3 atom stereocenters. The lowest BCUT2D eigenvalue weighted by molar-refractivity contribution is -0.137. The number of alkyl halides is 3. The van der Waals surface area contributed by atoms with E-state index in [0.29, 0.717) is 24.8 Å². The first-order chi connectivity index (χ1) is 13.3. The Bertz CT molecular complexity index is 746. The van der Waals surface area contributed by atoms with Gasteiger partial charge in [0.05, 0.1) is 17.6 Å². The van der Waals surface area contributed by atoms with Crippen molar-refractivity contribution in [2.45, 2.75) is 69.8 Å². The van der Waals surface area contributed by atoms with Gasteiger partial charge in [0.2, 0.25) is 0 Å². The topological polar surface area (TPSA) is 78.9 Å². The Hall–Kier alpha value is -2.45. The first-order valence-corrected chi connectivity index (χ1v) is 9.40. The summed E-state index contributed by atoms with van der Waals surface area (Å²) >= 11 is 0. The quantitative estimate of drug-likeness (QED) is 0.739. The van der Waals surface area contributed by atoms with Crippen molar-refractivity contribution in [1.29, 1.82) is 0 Å². The fourth-order valence-corrected chi connectivity index (χ4v) is 3.62. The monoisotopic (exact) mass is 416 g/mol. The molecule has 1 aromatic carbocycles. The van der Waals surface area contributed by atoms with Gasteiger partial charge in [-0.1, -0.05) is 18.2 Å². The Morgan fingerprint density at radius 2 is 1.86 bits per heavy atom. The number of halogens is 3. The molecule has 1 aromatic rings. The third-order valence-electron chi connectivity index (χ3n) is 5.00. The molecule has 0 spiro atoms. The van der Waals surface area contributed by atoms with Gasteiger partial charge in [0.15, 0.2) is 0 Å². The van der Waals surface area contributed by atoms with Crippen LogP contribution in [0.3, 0.4) is 0 Å². The number of carbonyl (C=O) groups excluding carboxylic acids is 1. The van der Waals surface area contributed by atoms with Gasteiger partial charge in [-0.05, 0) is 57.6 Å². The van der Waals surface area contributed by atoms with Crippen LogP contribution in [0.25, 0.3) is 0 Å². The zero-order valence-electron chi connectivity index (χ0n) is 16.9. The fraction of sp³-hybridized carbons (Fsp3) is 0.600. The standard InChI is InChI=1S/C20H27F3N2O4/c1-19(2,3)29-17(26)24-15-9-8-13(11-16(15)25(4)18(27)28)12-6-5-7-14(10-12)20(21,22)23/h5-7,10,13,15-16H,8-9,11H2,1-4H3,(H,24,26)(H,27,28)/t13-,15+,16-/m0/s1. The summed E-state index contributed by atoms with van der Waals surface area (Å²) in [6.07, 6.45) is -5.03. The summed E-state index contributed by atoms with van der Waals surface area (Å²) in [6, 6.07) is 4.03. The molecular formula is C20H27F3N2O4. The SMILES string of the molecule is CN(C(=O)O)[C@H]1C[C@@H](c2cccc(C(F)(F)F)c2)CC[C@H]1NC(=O)OC(C)(C)C. The van der Waals surface area contributed by atoms with E-state index in [1.165, 1.54) is 13.1 Å². The van der Waals surface area contributed by atoms with Crippen molar-refractivity contribution in [3.8, 4) is 0 Å². The van der Waals surface area contributed by atoms with Crippen LogP contribution in [0.15, 0.2) is 24.3 Å². The minimum atomic E-state index is -4.44. The molecule has 0 aromatic heterocycles. The summed E-state index contributed by atoms with van der Waals surface area (Å²) in [5, 5.41) is 12.1. The van der Waals surface area contributed by atoms with Gasteiger partial charge in [0.1, 0.15) is 5.60 Å². The second kappa shape index (κ2) is 8.51. The third-order valence-corrected chi connectivity index (χ3v) is 5.00. The average molecular weight is 416 g/mol. The molecule has 6 nitrogen and oxygen atoms in total. The summed E-state index contributed by atoms with van der Waals surface area (Å²) in [6.45, 7) is 5.16. The van der Waals surface area contributed by atoms with Gasteiger partial charge in [0, 0.05) is 7.05 Å². The molecule has 2 amide bonds. The number of nitrogens with zero attached hydrogens (tertiary/aromatic N) is 1. The van der Waals surface area contributed by atoms with Crippen LogP contribution in [0.1, 0.15) is 57.1 Å². The highest BCUT2D eigenvalue weighted by Gasteiger charge is 2.38. The minimum Gasteiger partial charge on any atom is -0.465 e. The van der Waals surface area contributed by atoms with Crippen LogP contribution in [0.5, 0.6) is 0 Å². The molecular weight excluding hydrogens is 389 g/mol. The molecule has 2 N–H and O–H groups in total. The van der Waals surface area contributed by atoms with Crippen LogP contribution in [-0.4, -0.2) is 46.9 Å². The number of likely N-dealkylation sites (N-methyl/N-ethyl adjacent to an activating group) is 1. The van der Waals surface area contributed by atoms with Crippen LogP contribution in [-0.2, 0) is 10.9 Å². The number of ether oxygens (including phenoxy) is 1. The Balaban J connectivity index is 2.20. The number of nitrogens with one attached hydrogen (secondary N) is 1. The van der Waals surface area contributed by atoms with E-state index in [9.17, 15) is 27.9 Å². The maximum Gasteiger partial charge on any atom is 0.416 e. The van der Waals surface area contributed by atoms with E-state index < -0.39 is 41.6 Å². The van der Waals surface area contributed by atoms with Crippen molar-refractivity contribution in [3.63, 3.8) is 0 Å². The molecule has 0 unspecified atom stereocenters. The van der Waals surface area contributed by atoms with E-state index in [4.69, 9.17) is 4.74 Å². The van der Waals surface area contributed by atoms with Crippen molar-refractivity contribution in [2.24, 2.45) is 0 Å². The first-order valence-electron chi connectivity index (χ1n) is 9.40. The summed E-state index contributed by atoms with van der Waals surface area (Å²) in [4.78, 5) is 24.8. The van der Waals surface area contributed by atoms with E-state index in [0.717, 1.165) is 17.0 Å². The maximum absolute atomic E-state index is 13.0. The van der Waals surface area contributed by atoms with Crippen LogP contribution < -0.4 is 5.32 Å². The summed E-state index contributed by atoms with van der Waals surface area (Å²) in [7, 11) is 1.39. The molecule has 2 rings (SSSR count). The fourth-order valence-electron chi connectivity index (χ4n) is 3.62. The molecule has 9 heteroatoms. The van der Waals surface area contributed by atoms with Crippen molar-refractivity contribution < 1.29 is 32.6 Å². The van der Waals surface area contributed by atoms with Gasteiger partial charge in [0.25, 0.3) is 0 Å². The molecule has 1 saturated carbocycles. The van der Waals surface area contributed by atoms with Crippen LogP contribution in [0.4, 0.5) is 22.8 Å². The van der Waals surface area contributed by atoms with Crippen LogP contribution in [0, 0.1) is 0 Å². The van der Waals surface area contributed by atoms with Gasteiger partial charge in [-0.2, -0.15) is 13.2 Å². The molecule has 1 fully saturated rings. The molecule has 0 radical (unpaired) electrons. The van der Waals surface area contributed by atoms with Crippen molar-refractivity contribution >= 4 is 12.2 Å². The number of alkyl carbamates (subject to hydrolysis) is 1. The highest BCUT2D eigenvalue weighted by atomic mass is 19.4. The Labute approximate surface area is 168 Å². The lowest BCUT2D eigenvalue weighted by Gasteiger charge is -2.40. The lowest BCUT2D eigenvalue weighted by atomic mass is 9.78. The number of hydrogen-bond donors (Lipinski definition) is 2. The molecule has 0 aliphatic heterocycles. The molecule has 29 heavy (non-hydrogen) atoms. The number of rotatable bonds is 3. The second-order valence-electron chi connectivity index (χ2n) is 8.35. The molecule has 0 bridgehead atoms. The van der Waals surface area contributed by atoms with E-state index in [1.807, 2.05) is 0 Å². The smallest absolute Gasteiger partial charge is 0.416 e. The normalized spacial score (nSPS) is 22.7. The van der Waals surface area contributed by atoms with Crippen molar-refractivity contribution in [1.82, 2.24) is 10.2 Å². The molecule has 1 aliphatic rings. The Kier molecular flexibility index (Phi) is 6.70. The largest absolute Gasteiger partial charge is 0.465 e. The van der Waals surface area contributed by atoms with Gasteiger partial charge in [-0.15, -0.1) is 0 Å². The summed E-state index contributed by atoms with van der Waals surface area (Å²) < 4.78 is 44.4. The van der Waals surface area contributed by atoms with E-state index in [-0.39, 0.29) is 5.92 Å². The molecule has 0 saturated heterocycles. The van der Waals surface area contributed by atoms with Crippen LogP contribution >= 0.6 is 0 Å². The number of carboxylic acid groups (broad SMARTS) is 1. The number of hydrogen-bond acceptors (Lipinski definition) is 3. The van der Waals surface area contributed by atoms with Gasteiger partial charge in [-0.25, -0.2) is 9.59 Å². The second-order valence-corrected chi connectivity index (χ2v) is 8.35. The summed E-state index contributed by atoms with van der Waals surface area (Å²) in [5.74, 6) is -0.249. The third kappa shape index (κ3) is 6.27. The summed E-state index contributed by atoms with van der Waals surface area (Å²) in [5.41, 5.74) is -0.917. The van der Waals surface area contributed by atoms with Crippen molar-refractivity contribution in [2.75, 3.05) is 7.05 Å². The van der Waals surface area contributed by atoms with E-state index >= 15 is 0 Å². The zero-order valence-corrected chi connectivity index (χ0v) is 16.9. The predicted octanol–water partition coefficient (Wildman–Crippen LogP) is 4.84. The Morgan fingerprint density at radius 3 is 2.41 bits per heavy atom. The van der Waals surface area contributed by atoms with Gasteiger partial charge >= 0.3 is 18.4 Å². The van der Waals surface area contributed by atoms with Crippen molar-refractivity contribution in [3.05, 3.63) is 35.4 Å². The molecule has 1 aliphatic carbocycles. The Morgan fingerprint density at radius 1 is 1.21 bits per heavy atom. The van der Waals surface area contributed by atoms with Gasteiger partial charge < -0.3 is 20.1 Å². The zero-order chi connectivity index (χ0) is 22.0. The van der Waals surface area contributed by atoms with E-state index in [1.54, 1.807) is 26.8 Å². The number of carbonyl (C=O) groups is 2. The van der Waals surface area contributed by atoms with Crippen LogP contribution in [0.2, 0.25) is 0 Å². The highest BCUT2D eigenvalue weighted by molar-refractivity contribution is 5.69. The van der Waals surface area contributed by atoms with Gasteiger partial charge in [-0.3, -0.25) is 0 Å². The lowest BCUT2D eigenvalue weighted by Crippen LogP contribution is -2.55. The molecule has 162 valence electrons. The predicted molar refractivity (Wildman–Crippen MR) is 101 cm³/mol. The average Bonchev–Trinajstić information content (AvgIpc) is 2.59. The first kappa shape index (κ1) is 22.8. The molecule has 0 heterocycles. The van der Waals surface area contributed by atoms with E-state index in [2.05, 4.69) is 5.32 Å². The number of benzene rings is 1.